The van der Waals surface area contributed by atoms with E-state index in [1.165, 1.54) is 32.1 Å². The molecule has 0 amide bonds. The lowest BCUT2D eigenvalue weighted by atomic mass is 10.0. The van der Waals surface area contributed by atoms with Crippen molar-refractivity contribution >= 4 is 28.9 Å². The highest BCUT2D eigenvalue weighted by Gasteiger charge is 2.14. The molecule has 0 spiro atoms. The van der Waals surface area contributed by atoms with Gasteiger partial charge in [-0.05, 0) is 37.0 Å². The third-order valence-corrected chi connectivity index (χ3v) is 4.39. The van der Waals surface area contributed by atoms with Crippen LogP contribution in [0.4, 0.5) is 5.69 Å². The van der Waals surface area contributed by atoms with Crippen molar-refractivity contribution in [1.82, 2.24) is 5.32 Å². The summed E-state index contributed by atoms with van der Waals surface area (Å²) in [6.45, 7) is 0.692. The molecule has 2 N–H and O–H groups in total. The van der Waals surface area contributed by atoms with Crippen LogP contribution in [0.3, 0.4) is 0 Å². The van der Waals surface area contributed by atoms with Crippen LogP contribution in [0.5, 0.6) is 0 Å². The van der Waals surface area contributed by atoms with Gasteiger partial charge in [-0.2, -0.15) is 0 Å². The molecular formula is C16H21Cl2N3O2. The molecule has 0 atom stereocenters. The smallest absolute Gasteiger partial charge is 0.274 e. The summed E-state index contributed by atoms with van der Waals surface area (Å²) in [5.74, 6) is 1.15. The highest BCUT2D eigenvalue weighted by Crippen LogP contribution is 2.28. The Bertz CT molecular complexity index is 552. The Morgan fingerprint density at radius 3 is 2.52 bits per heavy atom. The number of rotatable bonds is 8. The summed E-state index contributed by atoms with van der Waals surface area (Å²) in [6.07, 6.45) is 8.39. The Balaban J connectivity index is 1.87. The van der Waals surface area contributed by atoms with Crippen LogP contribution in [0, 0.1) is 16.0 Å². The molecule has 1 aromatic carbocycles. The number of nitrogens with zero attached hydrogens (tertiary/aromatic N) is 1. The zero-order chi connectivity index (χ0) is 16.7. The molecule has 0 radical (unpaired) electrons. The molecule has 0 heterocycles. The molecule has 1 fully saturated rings. The van der Waals surface area contributed by atoms with E-state index in [0.717, 1.165) is 18.5 Å². The van der Waals surface area contributed by atoms with E-state index in [1.807, 2.05) is 0 Å². The molecule has 1 aliphatic rings. The van der Waals surface area contributed by atoms with Crippen LogP contribution in [-0.4, -0.2) is 11.5 Å². The summed E-state index contributed by atoms with van der Waals surface area (Å²) >= 11 is 11.9. The third kappa shape index (κ3) is 6.67. The summed E-state index contributed by atoms with van der Waals surface area (Å²) < 4.78 is 0. The van der Waals surface area contributed by atoms with Gasteiger partial charge in [-0.25, -0.2) is 0 Å². The number of nitrogens with one attached hydrogen (secondary N) is 2. The van der Waals surface area contributed by atoms with Crippen molar-refractivity contribution in [3.63, 3.8) is 0 Å². The zero-order valence-corrected chi connectivity index (χ0v) is 14.4. The number of hydrogen-bond acceptors (Lipinski definition) is 4. The lowest BCUT2D eigenvalue weighted by molar-refractivity contribution is -0.403. The number of benzene rings is 1. The molecule has 2 rings (SSSR count). The van der Waals surface area contributed by atoms with E-state index in [4.69, 9.17) is 23.2 Å². The topological polar surface area (TPSA) is 67.2 Å². The van der Waals surface area contributed by atoms with Crippen LogP contribution in [0.1, 0.15) is 38.5 Å². The van der Waals surface area contributed by atoms with Gasteiger partial charge in [0.05, 0.1) is 4.92 Å². The van der Waals surface area contributed by atoms with Gasteiger partial charge in [0, 0.05) is 22.3 Å². The Labute approximate surface area is 146 Å². The van der Waals surface area contributed by atoms with E-state index in [-0.39, 0.29) is 0 Å². The largest absolute Gasteiger partial charge is 0.366 e. The van der Waals surface area contributed by atoms with Gasteiger partial charge in [-0.15, -0.1) is 0 Å². The fourth-order valence-electron chi connectivity index (χ4n) is 2.92. The Morgan fingerprint density at radius 1 is 1.26 bits per heavy atom. The van der Waals surface area contributed by atoms with Crippen LogP contribution < -0.4 is 10.6 Å². The molecule has 0 saturated heterocycles. The second kappa shape index (κ2) is 8.99. The first-order valence-electron chi connectivity index (χ1n) is 7.85. The molecule has 1 aromatic rings. The second-order valence-corrected chi connectivity index (χ2v) is 6.70. The van der Waals surface area contributed by atoms with E-state index in [9.17, 15) is 10.1 Å². The van der Waals surface area contributed by atoms with Gasteiger partial charge in [0.2, 0.25) is 0 Å². The minimum Gasteiger partial charge on any atom is -0.366 e. The van der Waals surface area contributed by atoms with E-state index in [1.54, 1.807) is 18.2 Å². The molecule has 126 valence electrons. The molecule has 0 bridgehead atoms. The van der Waals surface area contributed by atoms with Crippen LogP contribution >= 0.6 is 23.2 Å². The first-order chi connectivity index (χ1) is 11.0. The molecule has 7 heteroatoms. The first-order valence-corrected chi connectivity index (χ1v) is 8.61. The Morgan fingerprint density at radius 2 is 1.91 bits per heavy atom. The maximum Gasteiger partial charge on any atom is 0.274 e. The summed E-state index contributed by atoms with van der Waals surface area (Å²) in [6, 6.07) is 4.95. The number of hydrogen-bond donors (Lipinski definition) is 2. The van der Waals surface area contributed by atoms with E-state index >= 15 is 0 Å². The van der Waals surface area contributed by atoms with Crippen molar-refractivity contribution in [2.24, 2.45) is 5.92 Å². The summed E-state index contributed by atoms with van der Waals surface area (Å²) in [7, 11) is 0. The van der Waals surface area contributed by atoms with Crippen LogP contribution in [0.15, 0.2) is 30.2 Å². The van der Waals surface area contributed by atoms with E-state index < -0.39 is 4.92 Å². The standard InChI is InChI=1S/C16H21Cl2N3O2/c17-13-8-14(18)10-15(9-13)20-16(11-21(22)23)19-7-3-6-12-4-1-2-5-12/h8-12,19-20H,1-7H2. The average molecular weight is 358 g/mol. The predicted octanol–water partition coefficient (Wildman–Crippen LogP) is 5.04. The lowest BCUT2D eigenvalue weighted by Crippen LogP contribution is -2.22. The van der Waals surface area contributed by atoms with Crippen LogP contribution in [-0.2, 0) is 0 Å². The molecule has 0 aromatic heterocycles. The van der Waals surface area contributed by atoms with Crippen LogP contribution in [0.25, 0.3) is 0 Å². The Kier molecular flexibility index (Phi) is 6.99. The summed E-state index contributed by atoms with van der Waals surface area (Å²) in [4.78, 5) is 10.3. The van der Waals surface area contributed by atoms with Gasteiger partial charge in [0.1, 0.15) is 0 Å². The second-order valence-electron chi connectivity index (χ2n) is 5.83. The monoisotopic (exact) mass is 357 g/mol. The average Bonchev–Trinajstić information content (AvgIpc) is 2.94. The minimum absolute atomic E-state index is 0.333. The van der Waals surface area contributed by atoms with Crippen molar-refractivity contribution < 1.29 is 4.92 Å². The highest BCUT2D eigenvalue weighted by molar-refractivity contribution is 6.35. The van der Waals surface area contributed by atoms with Gasteiger partial charge in [0.25, 0.3) is 6.20 Å². The molecular weight excluding hydrogens is 337 g/mol. The van der Waals surface area contributed by atoms with Crippen molar-refractivity contribution in [2.75, 3.05) is 11.9 Å². The first kappa shape index (κ1) is 17.9. The van der Waals surface area contributed by atoms with Gasteiger partial charge in [-0.3, -0.25) is 10.1 Å². The predicted molar refractivity (Wildman–Crippen MR) is 94.4 cm³/mol. The minimum atomic E-state index is -0.488. The van der Waals surface area contributed by atoms with E-state index in [2.05, 4.69) is 10.6 Å². The molecule has 0 unspecified atom stereocenters. The van der Waals surface area contributed by atoms with Crippen molar-refractivity contribution in [3.8, 4) is 0 Å². The fourth-order valence-corrected chi connectivity index (χ4v) is 3.45. The van der Waals surface area contributed by atoms with Crippen molar-refractivity contribution in [1.29, 1.82) is 0 Å². The van der Waals surface area contributed by atoms with Crippen LogP contribution in [0.2, 0.25) is 10.0 Å². The lowest BCUT2D eigenvalue weighted by Gasteiger charge is -2.13. The maximum absolute atomic E-state index is 10.8. The van der Waals surface area contributed by atoms with Gasteiger partial charge < -0.3 is 10.6 Å². The molecule has 1 aliphatic carbocycles. The Hall–Kier alpha value is -1.46. The number of anilines is 1. The summed E-state index contributed by atoms with van der Waals surface area (Å²) in [5, 5.41) is 17.8. The highest BCUT2D eigenvalue weighted by atomic mass is 35.5. The maximum atomic E-state index is 10.8. The van der Waals surface area contributed by atoms with Gasteiger partial charge >= 0.3 is 0 Å². The van der Waals surface area contributed by atoms with Crippen molar-refractivity contribution in [2.45, 2.75) is 38.5 Å². The molecule has 0 aliphatic heterocycles. The number of halogens is 2. The van der Waals surface area contributed by atoms with Gasteiger partial charge in [0.15, 0.2) is 5.82 Å². The third-order valence-electron chi connectivity index (χ3n) is 3.96. The quantitative estimate of drug-likeness (QED) is 0.388. The fraction of sp³-hybridized carbons (Fsp3) is 0.500. The zero-order valence-electron chi connectivity index (χ0n) is 12.9. The summed E-state index contributed by atoms with van der Waals surface area (Å²) in [5.41, 5.74) is 0.610. The van der Waals surface area contributed by atoms with Gasteiger partial charge in [-0.1, -0.05) is 48.9 Å². The normalized spacial score (nSPS) is 15.7. The molecule has 23 heavy (non-hydrogen) atoms. The SMILES string of the molecule is O=[N+]([O-])C=C(NCCCC1CCCC1)Nc1cc(Cl)cc(Cl)c1. The van der Waals surface area contributed by atoms with E-state index in [0.29, 0.717) is 28.1 Å². The number of nitro groups is 1. The molecule has 1 saturated carbocycles. The molecule has 5 nitrogen and oxygen atoms in total. The van der Waals surface area contributed by atoms with Crippen molar-refractivity contribution in [3.05, 3.63) is 50.4 Å².